The Hall–Kier alpha value is -2.55. The van der Waals surface area contributed by atoms with Crippen LogP contribution in [0.25, 0.3) is 0 Å². The summed E-state index contributed by atoms with van der Waals surface area (Å²) >= 11 is 0. The number of ether oxygens (including phenoxy) is 1. The third kappa shape index (κ3) is 5.03. The number of rotatable bonds is 6. The third-order valence-corrected chi connectivity index (χ3v) is 5.42. The van der Waals surface area contributed by atoms with Gasteiger partial charge in [0.15, 0.2) is 0 Å². The number of likely N-dealkylation sites (tertiary alicyclic amines) is 2. The summed E-state index contributed by atoms with van der Waals surface area (Å²) in [6.45, 7) is 3.76. The number of amides is 3. The largest absolute Gasteiger partial charge is 0.368 e. The summed E-state index contributed by atoms with van der Waals surface area (Å²) in [4.78, 5) is 47.9. The number of aryl methyl sites for hydroxylation is 1. The van der Waals surface area contributed by atoms with Crippen LogP contribution in [0.1, 0.15) is 37.1 Å². The van der Waals surface area contributed by atoms with Crippen molar-refractivity contribution in [2.75, 3.05) is 32.8 Å². The van der Waals surface area contributed by atoms with E-state index in [2.05, 4.69) is 9.97 Å². The first-order valence-electron chi connectivity index (χ1n) is 9.56. The molecule has 2 fully saturated rings. The molecule has 1 spiro atoms. The highest BCUT2D eigenvalue weighted by Gasteiger charge is 2.42. The molecule has 3 heterocycles. The number of primary amides is 1. The van der Waals surface area contributed by atoms with Crippen molar-refractivity contribution in [3.8, 4) is 0 Å². The summed E-state index contributed by atoms with van der Waals surface area (Å²) in [6.07, 6.45) is 6.51. The predicted octanol–water partition coefficient (Wildman–Crippen LogP) is 0.0181. The zero-order valence-electron chi connectivity index (χ0n) is 16.2. The highest BCUT2D eigenvalue weighted by Crippen LogP contribution is 2.39. The van der Waals surface area contributed by atoms with E-state index in [0.29, 0.717) is 32.6 Å². The summed E-state index contributed by atoms with van der Waals surface area (Å²) in [5.74, 6) is -0.627. The van der Waals surface area contributed by atoms with Gasteiger partial charge in [0.2, 0.25) is 17.7 Å². The molecule has 28 heavy (non-hydrogen) atoms. The first-order valence-corrected chi connectivity index (χ1v) is 9.56. The molecule has 0 aromatic carbocycles. The second kappa shape index (κ2) is 8.64. The van der Waals surface area contributed by atoms with Gasteiger partial charge in [0.1, 0.15) is 13.2 Å². The number of carbonyl (C=O) groups excluding carboxylic acids is 3. The van der Waals surface area contributed by atoms with Gasteiger partial charge in [-0.3, -0.25) is 24.4 Å². The summed E-state index contributed by atoms with van der Waals surface area (Å²) in [5.41, 5.74) is 6.53. The van der Waals surface area contributed by atoms with Crippen molar-refractivity contribution in [1.29, 1.82) is 0 Å². The zero-order valence-corrected chi connectivity index (χ0v) is 16.2. The van der Waals surface area contributed by atoms with Crippen molar-refractivity contribution in [3.05, 3.63) is 23.8 Å². The fraction of sp³-hybridized carbons (Fsp3) is 0.632. The van der Waals surface area contributed by atoms with Gasteiger partial charge in [-0.15, -0.1) is 0 Å². The predicted molar refractivity (Wildman–Crippen MR) is 99.7 cm³/mol. The van der Waals surface area contributed by atoms with Crippen LogP contribution >= 0.6 is 0 Å². The summed E-state index contributed by atoms with van der Waals surface area (Å²) < 4.78 is 5.07. The molecule has 9 nitrogen and oxygen atoms in total. The Balaban J connectivity index is 1.62. The Morgan fingerprint density at radius 2 is 2.04 bits per heavy atom. The molecule has 0 unspecified atom stereocenters. The summed E-state index contributed by atoms with van der Waals surface area (Å²) in [7, 11) is 0. The van der Waals surface area contributed by atoms with Crippen LogP contribution < -0.4 is 5.73 Å². The third-order valence-electron chi connectivity index (χ3n) is 5.42. The Morgan fingerprint density at radius 3 is 2.75 bits per heavy atom. The van der Waals surface area contributed by atoms with Crippen LogP contribution in [-0.4, -0.2) is 70.3 Å². The molecule has 2 N–H and O–H groups in total. The van der Waals surface area contributed by atoms with E-state index in [1.807, 2.05) is 11.8 Å². The second-order valence-corrected chi connectivity index (χ2v) is 7.78. The summed E-state index contributed by atoms with van der Waals surface area (Å²) in [6, 6.07) is 0. The van der Waals surface area contributed by atoms with Crippen molar-refractivity contribution in [1.82, 2.24) is 19.8 Å². The van der Waals surface area contributed by atoms with E-state index in [-0.39, 0.29) is 30.4 Å². The van der Waals surface area contributed by atoms with E-state index in [9.17, 15) is 14.4 Å². The minimum absolute atomic E-state index is 0.108. The number of hydrogen-bond donors (Lipinski definition) is 1. The van der Waals surface area contributed by atoms with Crippen LogP contribution in [0.2, 0.25) is 0 Å². The Morgan fingerprint density at radius 1 is 1.21 bits per heavy atom. The molecule has 0 saturated carbocycles. The van der Waals surface area contributed by atoms with Crippen LogP contribution in [0, 0.1) is 12.3 Å². The Labute approximate surface area is 164 Å². The average molecular weight is 389 g/mol. The quantitative estimate of drug-likeness (QED) is 0.733. The van der Waals surface area contributed by atoms with Gasteiger partial charge in [0, 0.05) is 37.7 Å². The molecule has 3 amide bonds. The fourth-order valence-corrected chi connectivity index (χ4v) is 4.03. The van der Waals surface area contributed by atoms with E-state index in [0.717, 1.165) is 30.7 Å². The molecule has 2 aliphatic heterocycles. The second-order valence-electron chi connectivity index (χ2n) is 7.78. The van der Waals surface area contributed by atoms with Crippen LogP contribution in [0.4, 0.5) is 0 Å². The van der Waals surface area contributed by atoms with Gasteiger partial charge in [0.05, 0.1) is 24.1 Å². The molecule has 3 rings (SSSR count). The molecule has 0 radical (unpaired) electrons. The maximum absolute atomic E-state index is 12.4. The van der Waals surface area contributed by atoms with Gasteiger partial charge in [-0.25, -0.2) is 0 Å². The molecule has 2 saturated heterocycles. The van der Waals surface area contributed by atoms with E-state index >= 15 is 0 Å². The molecule has 1 atom stereocenters. The first kappa shape index (κ1) is 20.2. The van der Waals surface area contributed by atoms with E-state index in [4.69, 9.17) is 10.5 Å². The van der Waals surface area contributed by atoms with Crippen molar-refractivity contribution < 1.29 is 19.1 Å². The molecule has 1 aromatic heterocycles. The van der Waals surface area contributed by atoms with Crippen LogP contribution in [0.15, 0.2) is 12.4 Å². The highest BCUT2D eigenvalue weighted by molar-refractivity contribution is 5.79. The molecular weight excluding hydrogens is 362 g/mol. The van der Waals surface area contributed by atoms with E-state index in [1.165, 1.54) is 0 Å². The van der Waals surface area contributed by atoms with Crippen molar-refractivity contribution in [3.63, 3.8) is 0 Å². The maximum atomic E-state index is 12.4. The number of piperidine rings is 2. The number of hydrogen-bond acceptors (Lipinski definition) is 6. The van der Waals surface area contributed by atoms with Gasteiger partial charge >= 0.3 is 0 Å². The van der Waals surface area contributed by atoms with Gasteiger partial charge in [-0.1, -0.05) is 0 Å². The standard InChI is InChI=1S/C19H27N5O4/c1-14-7-22-15(8-21-14)9-24-13-19(5-3-17(24)26)4-2-6-23(12-19)18(27)11-28-10-16(20)25/h7-8H,2-6,9-13H2,1H3,(H2,20,25)/t19-/m0/s1. The number of nitrogens with two attached hydrogens (primary N) is 1. The lowest BCUT2D eigenvalue weighted by atomic mass is 9.73. The Bertz CT molecular complexity index is 738. The lowest BCUT2D eigenvalue weighted by Gasteiger charge is -2.48. The van der Waals surface area contributed by atoms with Gasteiger partial charge < -0.3 is 20.3 Å². The summed E-state index contributed by atoms with van der Waals surface area (Å²) in [5, 5.41) is 0. The van der Waals surface area contributed by atoms with Crippen molar-refractivity contribution in [2.45, 2.75) is 39.2 Å². The highest BCUT2D eigenvalue weighted by atomic mass is 16.5. The van der Waals surface area contributed by atoms with Crippen LogP contribution in [0.3, 0.4) is 0 Å². The minimum Gasteiger partial charge on any atom is -0.368 e. The van der Waals surface area contributed by atoms with Gasteiger partial charge in [0.25, 0.3) is 0 Å². The monoisotopic (exact) mass is 389 g/mol. The van der Waals surface area contributed by atoms with Crippen LogP contribution in [-0.2, 0) is 25.7 Å². The topological polar surface area (TPSA) is 119 Å². The molecular formula is C19H27N5O4. The molecule has 2 aliphatic rings. The van der Waals surface area contributed by atoms with E-state index in [1.54, 1.807) is 17.3 Å². The lowest BCUT2D eigenvalue weighted by Crippen LogP contribution is -2.55. The zero-order chi connectivity index (χ0) is 20.1. The Kier molecular flexibility index (Phi) is 6.23. The lowest BCUT2D eigenvalue weighted by molar-refractivity contribution is -0.146. The smallest absolute Gasteiger partial charge is 0.248 e. The van der Waals surface area contributed by atoms with Crippen molar-refractivity contribution in [2.24, 2.45) is 11.1 Å². The first-order chi connectivity index (χ1) is 13.4. The molecule has 9 heteroatoms. The average Bonchev–Trinajstić information content (AvgIpc) is 2.66. The number of carbonyl (C=O) groups is 3. The van der Waals surface area contributed by atoms with Crippen molar-refractivity contribution >= 4 is 17.7 Å². The molecule has 0 aliphatic carbocycles. The molecule has 0 bridgehead atoms. The number of aromatic nitrogens is 2. The number of nitrogens with zero attached hydrogens (tertiary/aromatic N) is 4. The molecule has 1 aromatic rings. The SMILES string of the molecule is Cc1cnc(CN2C[C@@]3(CCCN(C(=O)COCC(N)=O)C3)CCC2=O)cn1. The van der Waals surface area contributed by atoms with Gasteiger partial charge in [-0.05, 0) is 26.2 Å². The molecule has 152 valence electrons. The fourth-order valence-electron chi connectivity index (χ4n) is 4.03. The van der Waals surface area contributed by atoms with Gasteiger partial charge in [-0.2, -0.15) is 0 Å². The minimum atomic E-state index is -0.594. The maximum Gasteiger partial charge on any atom is 0.248 e. The van der Waals surface area contributed by atoms with Crippen LogP contribution in [0.5, 0.6) is 0 Å². The van der Waals surface area contributed by atoms with E-state index < -0.39 is 5.91 Å². The normalized spacial score (nSPS) is 22.5.